The summed E-state index contributed by atoms with van der Waals surface area (Å²) in [4.78, 5) is 14.8. The van der Waals surface area contributed by atoms with Crippen LogP contribution in [-0.2, 0) is 0 Å². The lowest BCUT2D eigenvalue weighted by Gasteiger charge is -2.26. The van der Waals surface area contributed by atoms with E-state index in [-0.39, 0.29) is 5.41 Å². The Bertz CT molecular complexity index is 389. The molecule has 0 bridgehead atoms. The molecule has 1 N–H and O–H groups in total. The molecule has 0 aliphatic carbocycles. The SMILES string of the molecule is CCNc1nc(OC)nc(N(C)CC(C)(C)C)n1. The van der Waals surface area contributed by atoms with Gasteiger partial charge in [0.05, 0.1) is 7.11 Å². The van der Waals surface area contributed by atoms with Crippen molar-refractivity contribution in [3.05, 3.63) is 0 Å². The fourth-order valence-corrected chi connectivity index (χ4v) is 1.63. The molecule has 1 rings (SSSR count). The van der Waals surface area contributed by atoms with E-state index < -0.39 is 0 Å². The zero-order valence-electron chi connectivity index (χ0n) is 12.1. The van der Waals surface area contributed by atoms with Crippen molar-refractivity contribution in [1.82, 2.24) is 15.0 Å². The van der Waals surface area contributed by atoms with Crippen LogP contribution in [0.1, 0.15) is 27.7 Å². The van der Waals surface area contributed by atoms with Crippen molar-refractivity contribution in [3.63, 3.8) is 0 Å². The van der Waals surface area contributed by atoms with E-state index in [1.165, 1.54) is 0 Å². The zero-order valence-corrected chi connectivity index (χ0v) is 12.1. The minimum Gasteiger partial charge on any atom is -0.467 e. The normalized spacial score (nSPS) is 11.2. The van der Waals surface area contributed by atoms with Crippen molar-refractivity contribution >= 4 is 11.9 Å². The summed E-state index contributed by atoms with van der Waals surface area (Å²) in [5.41, 5.74) is 0.174. The maximum atomic E-state index is 5.09. The lowest BCUT2D eigenvalue weighted by molar-refractivity contribution is 0.376. The van der Waals surface area contributed by atoms with Gasteiger partial charge >= 0.3 is 6.01 Å². The average molecular weight is 253 g/mol. The molecule has 1 aromatic heterocycles. The van der Waals surface area contributed by atoms with E-state index >= 15 is 0 Å². The number of anilines is 2. The van der Waals surface area contributed by atoms with E-state index in [2.05, 4.69) is 41.0 Å². The highest BCUT2D eigenvalue weighted by Gasteiger charge is 2.17. The highest BCUT2D eigenvalue weighted by molar-refractivity contribution is 5.37. The van der Waals surface area contributed by atoms with Crippen molar-refractivity contribution in [1.29, 1.82) is 0 Å². The quantitative estimate of drug-likeness (QED) is 0.863. The summed E-state index contributed by atoms with van der Waals surface area (Å²) in [7, 11) is 3.52. The van der Waals surface area contributed by atoms with Gasteiger partial charge in [0.15, 0.2) is 0 Å². The molecule has 0 spiro atoms. The van der Waals surface area contributed by atoms with Gasteiger partial charge in [0.1, 0.15) is 0 Å². The van der Waals surface area contributed by atoms with Crippen molar-refractivity contribution in [2.24, 2.45) is 5.41 Å². The van der Waals surface area contributed by atoms with Crippen LogP contribution in [0.4, 0.5) is 11.9 Å². The van der Waals surface area contributed by atoms with Gasteiger partial charge in [-0.05, 0) is 12.3 Å². The van der Waals surface area contributed by atoms with Crippen LogP contribution < -0.4 is 15.0 Å². The second-order valence-corrected chi connectivity index (χ2v) is 5.39. The molecule has 0 aliphatic heterocycles. The Morgan fingerprint density at radius 3 is 2.39 bits per heavy atom. The molecule has 0 saturated carbocycles. The Morgan fingerprint density at radius 1 is 1.22 bits per heavy atom. The van der Waals surface area contributed by atoms with Crippen LogP contribution in [0.15, 0.2) is 0 Å². The Hall–Kier alpha value is -1.59. The number of ether oxygens (including phenoxy) is 1. The number of hydrogen-bond acceptors (Lipinski definition) is 6. The predicted molar refractivity (Wildman–Crippen MR) is 73.3 cm³/mol. The van der Waals surface area contributed by atoms with Gasteiger partial charge in [0.25, 0.3) is 0 Å². The summed E-state index contributed by atoms with van der Waals surface area (Å²) in [6, 6.07) is 0.330. The molecule has 0 aliphatic rings. The molecule has 1 heterocycles. The summed E-state index contributed by atoms with van der Waals surface area (Å²) >= 11 is 0. The number of rotatable bonds is 5. The predicted octanol–water partition coefficient (Wildman–Crippen LogP) is 1.79. The van der Waals surface area contributed by atoms with Gasteiger partial charge in [-0.25, -0.2) is 0 Å². The number of nitrogens with zero attached hydrogens (tertiary/aromatic N) is 4. The first-order valence-corrected chi connectivity index (χ1v) is 6.11. The monoisotopic (exact) mass is 253 g/mol. The smallest absolute Gasteiger partial charge is 0.322 e. The van der Waals surface area contributed by atoms with E-state index in [1.54, 1.807) is 7.11 Å². The summed E-state index contributed by atoms with van der Waals surface area (Å²) in [6.07, 6.45) is 0. The van der Waals surface area contributed by atoms with Gasteiger partial charge in [-0.15, -0.1) is 0 Å². The molecule has 0 amide bonds. The van der Waals surface area contributed by atoms with Crippen molar-refractivity contribution in [2.45, 2.75) is 27.7 Å². The first kappa shape index (κ1) is 14.5. The van der Waals surface area contributed by atoms with E-state index in [0.29, 0.717) is 17.9 Å². The fraction of sp³-hybridized carbons (Fsp3) is 0.750. The number of aromatic nitrogens is 3. The molecule has 18 heavy (non-hydrogen) atoms. The first-order valence-electron chi connectivity index (χ1n) is 6.11. The average Bonchev–Trinajstić information content (AvgIpc) is 2.26. The third-order valence-corrected chi connectivity index (χ3v) is 2.17. The van der Waals surface area contributed by atoms with Crippen molar-refractivity contribution in [2.75, 3.05) is 37.5 Å². The molecule has 0 atom stereocenters. The first-order chi connectivity index (χ1) is 8.35. The minimum atomic E-state index is 0.174. The summed E-state index contributed by atoms with van der Waals surface area (Å²) in [5.74, 6) is 1.16. The Morgan fingerprint density at radius 2 is 1.89 bits per heavy atom. The second kappa shape index (κ2) is 5.84. The highest BCUT2D eigenvalue weighted by Crippen LogP contribution is 2.19. The second-order valence-electron chi connectivity index (χ2n) is 5.39. The molecule has 0 saturated heterocycles. The number of methoxy groups -OCH3 is 1. The van der Waals surface area contributed by atoms with Crippen LogP contribution in [0.5, 0.6) is 6.01 Å². The molecular formula is C12H23N5O. The van der Waals surface area contributed by atoms with Crippen LogP contribution >= 0.6 is 0 Å². The maximum absolute atomic E-state index is 5.09. The molecule has 6 nitrogen and oxygen atoms in total. The molecule has 0 unspecified atom stereocenters. The Kier molecular flexibility index (Phi) is 4.69. The largest absolute Gasteiger partial charge is 0.467 e. The van der Waals surface area contributed by atoms with Crippen LogP contribution in [0.3, 0.4) is 0 Å². The third kappa shape index (κ3) is 4.35. The van der Waals surface area contributed by atoms with E-state index in [1.807, 2.05) is 18.9 Å². The van der Waals surface area contributed by atoms with Gasteiger partial charge in [0.2, 0.25) is 11.9 Å². The molecule has 1 aromatic rings. The van der Waals surface area contributed by atoms with E-state index in [0.717, 1.165) is 13.1 Å². The molecule has 102 valence electrons. The minimum absolute atomic E-state index is 0.174. The van der Waals surface area contributed by atoms with Gasteiger partial charge in [-0.1, -0.05) is 20.8 Å². The van der Waals surface area contributed by atoms with Gasteiger partial charge in [-0.2, -0.15) is 15.0 Å². The topological polar surface area (TPSA) is 63.2 Å². The maximum Gasteiger partial charge on any atom is 0.322 e. The lowest BCUT2D eigenvalue weighted by Crippen LogP contribution is -2.30. The van der Waals surface area contributed by atoms with E-state index in [9.17, 15) is 0 Å². The van der Waals surface area contributed by atoms with Crippen LogP contribution in [-0.4, -0.2) is 42.2 Å². The zero-order chi connectivity index (χ0) is 13.8. The Labute approximate surface area is 109 Å². The molecule has 0 fully saturated rings. The van der Waals surface area contributed by atoms with Gasteiger partial charge < -0.3 is 15.0 Å². The van der Waals surface area contributed by atoms with Crippen molar-refractivity contribution < 1.29 is 4.74 Å². The van der Waals surface area contributed by atoms with Crippen molar-refractivity contribution in [3.8, 4) is 6.01 Å². The number of nitrogens with one attached hydrogen (secondary N) is 1. The van der Waals surface area contributed by atoms with Gasteiger partial charge in [-0.3, -0.25) is 0 Å². The highest BCUT2D eigenvalue weighted by atomic mass is 16.5. The summed E-state index contributed by atoms with van der Waals surface area (Å²) in [5, 5.41) is 3.07. The van der Waals surface area contributed by atoms with Crippen LogP contribution in [0, 0.1) is 5.41 Å². The summed E-state index contributed by atoms with van der Waals surface area (Å²) in [6.45, 7) is 10.1. The van der Waals surface area contributed by atoms with E-state index in [4.69, 9.17) is 4.74 Å². The standard InChI is InChI=1S/C12H23N5O/c1-7-13-9-14-10(16-11(15-9)18-6)17(5)8-12(2,3)4/h7-8H2,1-6H3,(H,13,14,15,16). The van der Waals surface area contributed by atoms with Gasteiger partial charge in [0, 0.05) is 20.1 Å². The third-order valence-electron chi connectivity index (χ3n) is 2.17. The molecular weight excluding hydrogens is 230 g/mol. The molecule has 0 aromatic carbocycles. The summed E-state index contributed by atoms with van der Waals surface area (Å²) < 4.78 is 5.09. The molecule has 0 radical (unpaired) electrons. The fourth-order valence-electron chi connectivity index (χ4n) is 1.63. The number of hydrogen-bond donors (Lipinski definition) is 1. The van der Waals surface area contributed by atoms with Crippen LogP contribution in [0.2, 0.25) is 0 Å². The lowest BCUT2D eigenvalue weighted by atomic mass is 9.96. The Balaban J connectivity index is 2.96. The molecule has 6 heteroatoms. The van der Waals surface area contributed by atoms with Crippen LogP contribution in [0.25, 0.3) is 0 Å².